The van der Waals surface area contributed by atoms with E-state index in [1.807, 2.05) is 26.0 Å². The van der Waals surface area contributed by atoms with Crippen LogP contribution in [0.2, 0.25) is 0 Å². The van der Waals surface area contributed by atoms with Gasteiger partial charge in [0.25, 0.3) is 0 Å². The van der Waals surface area contributed by atoms with Crippen LogP contribution in [0.15, 0.2) is 24.3 Å². The molecule has 3 N–H and O–H groups in total. The van der Waals surface area contributed by atoms with E-state index in [0.29, 0.717) is 18.8 Å². The van der Waals surface area contributed by atoms with Gasteiger partial charge in [0.1, 0.15) is 0 Å². The second-order valence-corrected chi connectivity index (χ2v) is 6.94. The molecule has 1 aromatic rings. The molecule has 0 aliphatic rings. The third-order valence-electron chi connectivity index (χ3n) is 3.53. The van der Waals surface area contributed by atoms with Crippen molar-refractivity contribution in [3.05, 3.63) is 24.3 Å². The van der Waals surface area contributed by atoms with Gasteiger partial charge in [-0.2, -0.15) is 0 Å². The molecule has 0 aliphatic heterocycles. The summed E-state index contributed by atoms with van der Waals surface area (Å²) in [5.74, 6) is 0.261. The topological polar surface area (TPSA) is 70.2 Å². The number of unbranched alkanes of at least 4 members (excludes halogenated alkanes) is 3. The lowest BCUT2D eigenvalue weighted by Gasteiger charge is -2.11. The van der Waals surface area contributed by atoms with Crippen molar-refractivity contribution < 1.29 is 9.59 Å². The minimum Gasteiger partial charge on any atom is -0.332 e. The first-order chi connectivity index (χ1) is 11.9. The van der Waals surface area contributed by atoms with Crippen molar-refractivity contribution in [3.63, 3.8) is 0 Å². The van der Waals surface area contributed by atoms with Gasteiger partial charge in [-0.25, -0.2) is 0 Å². The second kappa shape index (κ2) is 11.6. The van der Waals surface area contributed by atoms with Crippen molar-refractivity contribution in [1.29, 1.82) is 0 Å². The van der Waals surface area contributed by atoms with E-state index in [0.717, 1.165) is 37.1 Å². The molecular weight excluding hydrogens is 334 g/mol. The molecular formula is C19H29N3O2S. The second-order valence-electron chi connectivity index (χ2n) is 6.54. The summed E-state index contributed by atoms with van der Waals surface area (Å²) in [5.41, 5.74) is 1.50. The maximum atomic E-state index is 11.8. The summed E-state index contributed by atoms with van der Waals surface area (Å²) in [6.45, 7) is 6.15. The van der Waals surface area contributed by atoms with E-state index in [4.69, 9.17) is 12.2 Å². The zero-order valence-corrected chi connectivity index (χ0v) is 16.2. The van der Waals surface area contributed by atoms with Crippen LogP contribution in [-0.4, -0.2) is 16.9 Å². The average molecular weight is 364 g/mol. The SMILES string of the molecule is CCCCCCC(=O)NC(=S)Nc1ccc(NC(=O)CC(C)C)cc1. The Balaban J connectivity index is 2.37. The molecule has 0 atom stereocenters. The Morgan fingerprint density at radius 2 is 1.56 bits per heavy atom. The van der Waals surface area contributed by atoms with E-state index in [9.17, 15) is 9.59 Å². The molecule has 138 valence electrons. The van der Waals surface area contributed by atoms with Crippen molar-refractivity contribution in [2.24, 2.45) is 5.92 Å². The first-order valence-corrected chi connectivity index (χ1v) is 9.32. The Bertz CT molecular complexity index is 571. The van der Waals surface area contributed by atoms with E-state index in [-0.39, 0.29) is 16.9 Å². The highest BCUT2D eigenvalue weighted by Gasteiger charge is 2.07. The quantitative estimate of drug-likeness (QED) is 0.448. The van der Waals surface area contributed by atoms with Gasteiger partial charge in [0.2, 0.25) is 11.8 Å². The number of benzene rings is 1. The Morgan fingerprint density at radius 1 is 0.960 bits per heavy atom. The van der Waals surface area contributed by atoms with E-state index in [2.05, 4.69) is 22.9 Å². The summed E-state index contributed by atoms with van der Waals surface area (Å²) in [4.78, 5) is 23.5. The summed E-state index contributed by atoms with van der Waals surface area (Å²) in [7, 11) is 0. The molecule has 0 fully saturated rings. The molecule has 1 rings (SSSR count). The molecule has 0 saturated carbocycles. The van der Waals surface area contributed by atoms with Crippen LogP contribution in [0, 0.1) is 5.92 Å². The van der Waals surface area contributed by atoms with Crippen molar-refractivity contribution in [1.82, 2.24) is 5.32 Å². The monoisotopic (exact) mass is 363 g/mol. The molecule has 0 aromatic heterocycles. The summed E-state index contributed by atoms with van der Waals surface area (Å²) >= 11 is 5.15. The summed E-state index contributed by atoms with van der Waals surface area (Å²) in [5, 5.41) is 8.80. The van der Waals surface area contributed by atoms with Crippen LogP contribution in [0.4, 0.5) is 11.4 Å². The number of thiocarbonyl (C=S) groups is 1. The first kappa shape index (κ1) is 21.1. The van der Waals surface area contributed by atoms with Gasteiger partial charge >= 0.3 is 0 Å². The van der Waals surface area contributed by atoms with Crippen LogP contribution in [-0.2, 0) is 9.59 Å². The van der Waals surface area contributed by atoms with Crippen LogP contribution in [0.25, 0.3) is 0 Å². The molecule has 5 nitrogen and oxygen atoms in total. The molecule has 0 bridgehead atoms. The lowest BCUT2D eigenvalue weighted by molar-refractivity contribution is -0.120. The zero-order valence-electron chi connectivity index (χ0n) is 15.4. The predicted molar refractivity (Wildman–Crippen MR) is 108 cm³/mol. The number of carbonyl (C=O) groups is 2. The normalized spacial score (nSPS) is 10.4. The van der Waals surface area contributed by atoms with Crippen molar-refractivity contribution >= 4 is 40.5 Å². The lowest BCUT2D eigenvalue weighted by Crippen LogP contribution is -2.33. The van der Waals surface area contributed by atoms with Gasteiger partial charge < -0.3 is 16.0 Å². The van der Waals surface area contributed by atoms with Gasteiger partial charge in [-0.3, -0.25) is 9.59 Å². The summed E-state index contributed by atoms with van der Waals surface area (Å²) in [6, 6.07) is 7.22. The molecule has 0 saturated heterocycles. The zero-order chi connectivity index (χ0) is 18.7. The first-order valence-electron chi connectivity index (χ1n) is 8.91. The maximum absolute atomic E-state index is 11.8. The number of anilines is 2. The molecule has 25 heavy (non-hydrogen) atoms. The number of nitrogens with one attached hydrogen (secondary N) is 3. The number of amides is 2. The number of rotatable bonds is 9. The van der Waals surface area contributed by atoms with Crippen LogP contribution < -0.4 is 16.0 Å². The van der Waals surface area contributed by atoms with Crippen LogP contribution in [0.3, 0.4) is 0 Å². The molecule has 2 amide bonds. The largest absolute Gasteiger partial charge is 0.332 e. The highest BCUT2D eigenvalue weighted by Crippen LogP contribution is 2.14. The summed E-state index contributed by atoms with van der Waals surface area (Å²) in [6.07, 6.45) is 5.23. The third kappa shape index (κ3) is 9.82. The molecule has 0 unspecified atom stereocenters. The molecule has 0 aliphatic carbocycles. The Hall–Kier alpha value is -1.95. The van der Waals surface area contributed by atoms with Gasteiger partial charge in [0, 0.05) is 24.2 Å². The third-order valence-corrected chi connectivity index (χ3v) is 3.73. The number of carbonyl (C=O) groups excluding carboxylic acids is 2. The molecule has 6 heteroatoms. The van der Waals surface area contributed by atoms with Crippen molar-refractivity contribution in [2.75, 3.05) is 10.6 Å². The molecule has 0 heterocycles. The smallest absolute Gasteiger partial charge is 0.226 e. The van der Waals surface area contributed by atoms with Gasteiger partial charge in [0.15, 0.2) is 5.11 Å². The fourth-order valence-corrected chi connectivity index (χ4v) is 2.52. The molecule has 1 aromatic carbocycles. The Kier molecular flexibility index (Phi) is 9.77. The van der Waals surface area contributed by atoms with Gasteiger partial charge in [-0.05, 0) is 48.8 Å². The van der Waals surface area contributed by atoms with E-state index >= 15 is 0 Å². The lowest BCUT2D eigenvalue weighted by atomic mass is 10.1. The average Bonchev–Trinajstić information content (AvgIpc) is 2.52. The standard InChI is InChI=1S/C19H29N3O2S/c1-4-5-6-7-8-17(23)22-19(25)21-16-11-9-15(10-12-16)20-18(24)13-14(2)3/h9-12,14H,4-8,13H2,1-3H3,(H,20,24)(H2,21,22,23,25). The Labute approximate surface area is 156 Å². The van der Waals surface area contributed by atoms with Gasteiger partial charge in [-0.15, -0.1) is 0 Å². The van der Waals surface area contributed by atoms with Crippen LogP contribution >= 0.6 is 12.2 Å². The minimum absolute atomic E-state index is 0.00145. The molecule has 0 radical (unpaired) electrons. The number of hydrogen-bond donors (Lipinski definition) is 3. The highest BCUT2D eigenvalue weighted by atomic mass is 32.1. The number of hydrogen-bond acceptors (Lipinski definition) is 3. The maximum Gasteiger partial charge on any atom is 0.226 e. The van der Waals surface area contributed by atoms with Crippen LogP contribution in [0.1, 0.15) is 59.3 Å². The van der Waals surface area contributed by atoms with E-state index < -0.39 is 0 Å². The van der Waals surface area contributed by atoms with Gasteiger partial charge in [0.05, 0.1) is 0 Å². The van der Waals surface area contributed by atoms with E-state index in [1.54, 1.807) is 12.1 Å². The van der Waals surface area contributed by atoms with Crippen molar-refractivity contribution in [2.45, 2.75) is 59.3 Å². The summed E-state index contributed by atoms with van der Waals surface area (Å²) < 4.78 is 0. The fraction of sp³-hybridized carbons (Fsp3) is 0.526. The van der Waals surface area contributed by atoms with E-state index in [1.165, 1.54) is 0 Å². The van der Waals surface area contributed by atoms with Crippen molar-refractivity contribution in [3.8, 4) is 0 Å². The highest BCUT2D eigenvalue weighted by molar-refractivity contribution is 7.80. The molecule has 0 spiro atoms. The Morgan fingerprint density at radius 3 is 2.12 bits per heavy atom. The van der Waals surface area contributed by atoms with Gasteiger partial charge in [-0.1, -0.05) is 40.0 Å². The predicted octanol–water partition coefficient (Wildman–Crippen LogP) is 4.45. The van der Waals surface area contributed by atoms with Crippen LogP contribution in [0.5, 0.6) is 0 Å². The minimum atomic E-state index is -0.0637. The fourth-order valence-electron chi connectivity index (χ4n) is 2.28.